The van der Waals surface area contributed by atoms with Crippen LogP contribution >= 0.6 is 23.2 Å². The van der Waals surface area contributed by atoms with Crippen LogP contribution in [0.1, 0.15) is 22.7 Å². The second-order valence-electron chi connectivity index (χ2n) is 7.06. The van der Waals surface area contributed by atoms with Crippen LogP contribution < -0.4 is 4.90 Å². The zero-order valence-electron chi connectivity index (χ0n) is 16.0. The molecule has 6 heteroatoms. The molecule has 1 saturated heterocycles. The molecule has 0 bridgehead atoms. The SMILES string of the molecule is Cc1ccc(N2C(=O)C(=O)/C(=C(/O)c3ccc(Cl)cc3)[C@H]2c2ccc(Cl)cc2)cc1. The number of anilines is 1. The van der Waals surface area contributed by atoms with E-state index < -0.39 is 17.7 Å². The number of Topliss-reactive ketones (excluding diaryl/α,β-unsaturated/α-hetero) is 1. The van der Waals surface area contributed by atoms with E-state index in [0.29, 0.717) is 26.9 Å². The average Bonchev–Trinajstić information content (AvgIpc) is 3.00. The molecule has 0 aliphatic carbocycles. The smallest absolute Gasteiger partial charge is 0.300 e. The summed E-state index contributed by atoms with van der Waals surface area (Å²) in [6.07, 6.45) is 0. The third-order valence-corrected chi connectivity index (χ3v) is 5.56. The van der Waals surface area contributed by atoms with Gasteiger partial charge in [0.2, 0.25) is 0 Å². The number of hydrogen-bond donors (Lipinski definition) is 1. The van der Waals surface area contributed by atoms with Gasteiger partial charge in [-0.1, -0.05) is 53.0 Å². The summed E-state index contributed by atoms with van der Waals surface area (Å²) in [5, 5.41) is 12.0. The third kappa shape index (κ3) is 3.60. The van der Waals surface area contributed by atoms with Crippen LogP contribution in [0, 0.1) is 6.92 Å². The lowest BCUT2D eigenvalue weighted by atomic mass is 9.95. The molecular formula is C24H17Cl2NO3. The molecule has 1 aliphatic heterocycles. The molecule has 1 fully saturated rings. The highest BCUT2D eigenvalue weighted by molar-refractivity contribution is 6.51. The summed E-state index contributed by atoms with van der Waals surface area (Å²) < 4.78 is 0. The molecule has 4 rings (SSSR count). The van der Waals surface area contributed by atoms with Gasteiger partial charge in [0.25, 0.3) is 11.7 Å². The Bertz CT molecular complexity index is 1150. The van der Waals surface area contributed by atoms with Crippen molar-refractivity contribution in [1.82, 2.24) is 0 Å². The Morgan fingerprint density at radius 3 is 1.93 bits per heavy atom. The van der Waals surface area contributed by atoms with E-state index in [1.165, 1.54) is 4.90 Å². The van der Waals surface area contributed by atoms with Gasteiger partial charge in [-0.2, -0.15) is 0 Å². The van der Waals surface area contributed by atoms with Gasteiger partial charge in [-0.3, -0.25) is 14.5 Å². The lowest BCUT2D eigenvalue weighted by Gasteiger charge is -2.25. The molecule has 0 aromatic heterocycles. The van der Waals surface area contributed by atoms with Crippen LogP contribution in [0.25, 0.3) is 5.76 Å². The number of carbonyl (C=O) groups excluding carboxylic acids is 2. The fourth-order valence-corrected chi connectivity index (χ4v) is 3.78. The van der Waals surface area contributed by atoms with Crippen LogP contribution in [-0.4, -0.2) is 16.8 Å². The molecule has 0 spiro atoms. The Hall–Kier alpha value is -3.08. The number of amides is 1. The molecule has 1 atom stereocenters. The Kier molecular flexibility index (Phi) is 5.37. The molecule has 150 valence electrons. The second kappa shape index (κ2) is 7.98. The minimum absolute atomic E-state index is 0.0187. The summed E-state index contributed by atoms with van der Waals surface area (Å²) in [4.78, 5) is 27.5. The van der Waals surface area contributed by atoms with Gasteiger partial charge in [0.15, 0.2) is 0 Å². The van der Waals surface area contributed by atoms with E-state index in [2.05, 4.69) is 0 Å². The quantitative estimate of drug-likeness (QED) is 0.313. The largest absolute Gasteiger partial charge is 0.507 e. The Labute approximate surface area is 184 Å². The van der Waals surface area contributed by atoms with Crippen molar-refractivity contribution in [2.45, 2.75) is 13.0 Å². The third-order valence-electron chi connectivity index (χ3n) is 5.06. The first-order chi connectivity index (χ1) is 14.4. The first-order valence-electron chi connectivity index (χ1n) is 9.26. The number of benzene rings is 3. The molecule has 0 unspecified atom stereocenters. The number of aliphatic hydroxyl groups excluding tert-OH is 1. The molecule has 1 amide bonds. The number of ketones is 1. The number of aryl methyl sites for hydroxylation is 1. The van der Waals surface area contributed by atoms with Crippen molar-refractivity contribution in [3.05, 3.63) is 105 Å². The number of hydrogen-bond acceptors (Lipinski definition) is 3. The van der Waals surface area contributed by atoms with E-state index in [4.69, 9.17) is 23.2 Å². The maximum absolute atomic E-state index is 13.0. The highest BCUT2D eigenvalue weighted by Gasteiger charge is 2.46. The first-order valence-corrected chi connectivity index (χ1v) is 10.0. The highest BCUT2D eigenvalue weighted by atomic mass is 35.5. The monoisotopic (exact) mass is 437 g/mol. The van der Waals surface area contributed by atoms with Gasteiger partial charge in [0.05, 0.1) is 11.6 Å². The minimum Gasteiger partial charge on any atom is -0.507 e. The van der Waals surface area contributed by atoms with Gasteiger partial charge >= 0.3 is 0 Å². The lowest BCUT2D eigenvalue weighted by Crippen LogP contribution is -2.29. The summed E-state index contributed by atoms with van der Waals surface area (Å²) >= 11 is 12.0. The molecular weight excluding hydrogens is 421 g/mol. The van der Waals surface area contributed by atoms with E-state index in [1.807, 2.05) is 19.1 Å². The molecule has 3 aromatic carbocycles. The van der Waals surface area contributed by atoms with Gasteiger partial charge in [-0.25, -0.2) is 0 Å². The predicted octanol–water partition coefficient (Wildman–Crippen LogP) is 5.93. The second-order valence-corrected chi connectivity index (χ2v) is 7.94. The Balaban J connectivity index is 1.93. The van der Waals surface area contributed by atoms with Crippen molar-refractivity contribution >= 4 is 46.3 Å². The van der Waals surface area contributed by atoms with E-state index in [9.17, 15) is 14.7 Å². The van der Waals surface area contributed by atoms with Crippen molar-refractivity contribution in [2.24, 2.45) is 0 Å². The zero-order valence-corrected chi connectivity index (χ0v) is 17.5. The van der Waals surface area contributed by atoms with Crippen LogP contribution in [0.2, 0.25) is 10.0 Å². The molecule has 3 aromatic rings. The standard InChI is InChI=1S/C24H17Cl2NO3/c1-14-2-12-19(13-3-14)27-21(15-4-8-17(25)9-5-15)20(23(29)24(27)30)22(28)16-6-10-18(26)11-7-16/h2-13,21,28H,1H3/b22-20+/t21-/m1/s1. The number of nitrogens with zero attached hydrogens (tertiary/aromatic N) is 1. The zero-order chi connectivity index (χ0) is 21.4. The summed E-state index contributed by atoms with van der Waals surface area (Å²) in [5.41, 5.74) is 2.68. The molecule has 1 N–H and O–H groups in total. The maximum atomic E-state index is 13.0. The first kappa shape index (κ1) is 20.2. The number of halogens is 2. The average molecular weight is 438 g/mol. The summed E-state index contributed by atoms with van der Waals surface area (Å²) in [6.45, 7) is 1.94. The molecule has 4 nitrogen and oxygen atoms in total. The fourth-order valence-electron chi connectivity index (χ4n) is 3.53. The fraction of sp³-hybridized carbons (Fsp3) is 0.0833. The van der Waals surface area contributed by atoms with Crippen LogP contribution in [0.4, 0.5) is 5.69 Å². The summed E-state index contributed by atoms with van der Waals surface area (Å²) in [7, 11) is 0. The molecule has 1 aliphatic rings. The number of aliphatic hydroxyl groups is 1. The van der Waals surface area contributed by atoms with Crippen molar-refractivity contribution < 1.29 is 14.7 Å². The normalized spacial score (nSPS) is 18.1. The molecule has 1 heterocycles. The van der Waals surface area contributed by atoms with Crippen molar-refractivity contribution in [2.75, 3.05) is 4.90 Å². The van der Waals surface area contributed by atoms with Crippen molar-refractivity contribution in [1.29, 1.82) is 0 Å². The molecule has 0 saturated carbocycles. The Morgan fingerprint density at radius 2 is 1.37 bits per heavy atom. The highest BCUT2D eigenvalue weighted by Crippen LogP contribution is 2.42. The van der Waals surface area contributed by atoms with E-state index >= 15 is 0 Å². The van der Waals surface area contributed by atoms with E-state index in [0.717, 1.165) is 5.56 Å². The molecule has 0 radical (unpaired) electrons. The van der Waals surface area contributed by atoms with Crippen molar-refractivity contribution in [3.8, 4) is 0 Å². The van der Waals surface area contributed by atoms with Crippen LogP contribution in [0.3, 0.4) is 0 Å². The van der Waals surface area contributed by atoms with Gasteiger partial charge in [-0.15, -0.1) is 0 Å². The van der Waals surface area contributed by atoms with Gasteiger partial charge in [0.1, 0.15) is 5.76 Å². The lowest BCUT2D eigenvalue weighted by molar-refractivity contribution is -0.132. The topological polar surface area (TPSA) is 57.6 Å². The van der Waals surface area contributed by atoms with Crippen LogP contribution in [-0.2, 0) is 9.59 Å². The van der Waals surface area contributed by atoms with Crippen molar-refractivity contribution in [3.63, 3.8) is 0 Å². The van der Waals surface area contributed by atoms with E-state index in [1.54, 1.807) is 60.7 Å². The predicted molar refractivity (Wildman–Crippen MR) is 119 cm³/mol. The van der Waals surface area contributed by atoms with Gasteiger partial charge < -0.3 is 5.11 Å². The number of rotatable bonds is 3. The number of carbonyl (C=O) groups is 2. The van der Waals surface area contributed by atoms with Crippen LogP contribution in [0.5, 0.6) is 0 Å². The Morgan fingerprint density at radius 1 is 0.833 bits per heavy atom. The summed E-state index contributed by atoms with van der Waals surface area (Å²) in [6, 6.07) is 19.8. The molecule has 30 heavy (non-hydrogen) atoms. The van der Waals surface area contributed by atoms with Gasteiger partial charge in [0, 0.05) is 21.3 Å². The summed E-state index contributed by atoms with van der Waals surface area (Å²) in [5.74, 6) is -1.70. The maximum Gasteiger partial charge on any atom is 0.300 e. The van der Waals surface area contributed by atoms with E-state index in [-0.39, 0.29) is 11.3 Å². The van der Waals surface area contributed by atoms with Crippen LogP contribution in [0.15, 0.2) is 78.4 Å². The van der Waals surface area contributed by atoms with Gasteiger partial charge in [-0.05, 0) is 61.0 Å². The minimum atomic E-state index is -0.791.